The highest BCUT2D eigenvalue weighted by Gasteiger charge is 2.06. The number of thiophene rings is 2. The molecule has 1 nitrogen and oxygen atoms in total. The average Bonchev–Trinajstić information content (AvgIpc) is 3.14. The average molecular weight is 386 g/mol. The van der Waals surface area contributed by atoms with E-state index in [4.69, 9.17) is 0 Å². The van der Waals surface area contributed by atoms with E-state index < -0.39 is 5.82 Å². The van der Waals surface area contributed by atoms with Crippen molar-refractivity contribution in [2.75, 3.05) is 0 Å². The Bertz CT molecular complexity index is 966. The van der Waals surface area contributed by atoms with Crippen LogP contribution in [0.3, 0.4) is 0 Å². The van der Waals surface area contributed by atoms with Crippen molar-refractivity contribution < 1.29 is 4.39 Å². The van der Waals surface area contributed by atoms with Gasteiger partial charge in [0, 0.05) is 19.8 Å². The van der Waals surface area contributed by atoms with Gasteiger partial charge in [-0.2, -0.15) is 4.99 Å². The van der Waals surface area contributed by atoms with Crippen LogP contribution in [-0.4, -0.2) is 5.16 Å². The molecular formula is C20H16FNS3. The largest absolute Gasteiger partial charge is 0.205 e. The molecule has 0 bridgehead atoms. The third-order valence-electron chi connectivity index (χ3n) is 3.73. The Kier molecular flexibility index (Phi) is 6.12. The topological polar surface area (TPSA) is 12.4 Å². The second-order valence-corrected chi connectivity index (χ2v) is 8.06. The van der Waals surface area contributed by atoms with Crippen molar-refractivity contribution in [3.8, 4) is 11.8 Å². The van der Waals surface area contributed by atoms with Crippen LogP contribution in [0, 0.1) is 17.7 Å². The van der Waals surface area contributed by atoms with E-state index in [2.05, 4.69) is 53.3 Å². The van der Waals surface area contributed by atoms with Crippen LogP contribution >= 0.6 is 34.9 Å². The molecule has 0 atom stereocenters. The van der Waals surface area contributed by atoms with Crippen LogP contribution in [0.4, 0.5) is 10.1 Å². The van der Waals surface area contributed by atoms with Gasteiger partial charge in [-0.15, -0.1) is 22.7 Å². The lowest BCUT2D eigenvalue weighted by Crippen LogP contribution is -1.79. The summed E-state index contributed by atoms with van der Waals surface area (Å²) in [5, 5.41) is 2.17. The first-order chi connectivity index (χ1) is 12.2. The Morgan fingerprint density at radius 1 is 1.08 bits per heavy atom. The summed E-state index contributed by atoms with van der Waals surface area (Å²) in [7, 11) is 0. The van der Waals surface area contributed by atoms with Crippen molar-refractivity contribution in [3.63, 3.8) is 0 Å². The van der Waals surface area contributed by atoms with Gasteiger partial charge in [-0.25, -0.2) is 4.39 Å². The summed E-state index contributed by atoms with van der Waals surface area (Å²) >= 11 is 8.04. The van der Waals surface area contributed by atoms with Crippen LogP contribution in [0.15, 0.2) is 35.3 Å². The van der Waals surface area contributed by atoms with Crippen molar-refractivity contribution in [1.29, 1.82) is 0 Å². The second-order valence-electron chi connectivity index (χ2n) is 5.63. The summed E-state index contributed by atoms with van der Waals surface area (Å²) in [6, 6.07) is 9.09. The number of unbranched alkanes of at least 4 members (excludes halogenated alkanes) is 2. The number of rotatable bonds is 5. The van der Waals surface area contributed by atoms with E-state index in [0.29, 0.717) is 5.56 Å². The normalized spacial score (nSPS) is 10.3. The first-order valence-electron chi connectivity index (χ1n) is 8.11. The van der Waals surface area contributed by atoms with Gasteiger partial charge in [-0.05, 0) is 55.4 Å². The van der Waals surface area contributed by atoms with E-state index in [-0.39, 0.29) is 5.69 Å². The Balaban J connectivity index is 1.75. The van der Waals surface area contributed by atoms with Gasteiger partial charge in [-0.3, -0.25) is 0 Å². The molecule has 5 heteroatoms. The maximum Gasteiger partial charge on any atom is 0.150 e. The van der Waals surface area contributed by atoms with Crippen LogP contribution in [0.2, 0.25) is 0 Å². The zero-order valence-electron chi connectivity index (χ0n) is 13.8. The summed E-state index contributed by atoms with van der Waals surface area (Å²) in [5.41, 5.74) is 0.811. The summed E-state index contributed by atoms with van der Waals surface area (Å²) < 4.78 is 16.4. The zero-order chi connectivity index (χ0) is 17.6. The number of aliphatic imine (C=N–C) groups is 1. The molecule has 0 aliphatic rings. The second kappa shape index (κ2) is 8.51. The molecule has 0 amide bonds. The molecule has 0 spiro atoms. The molecule has 0 fully saturated rings. The lowest BCUT2D eigenvalue weighted by molar-refractivity contribution is 0.629. The van der Waals surface area contributed by atoms with Crippen LogP contribution in [0.5, 0.6) is 0 Å². The summed E-state index contributed by atoms with van der Waals surface area (Å²) in [5.74, 6) is 5.71. The quantitative estimate of drug-likeness (QED) is 0.200. The van der Waals surface area contributed by atoms with Crippen molar-refractivity contribution >= 4 is 55.1 Å². The van der Waals surface area contributed by atoms with E-state index in [1.807, 2.05) is 11.3 Å². The van der Waals surface area contributed by atoms with E-state index in [1.54, 1.807) is 23.5 Å². The fourth-order valence-electron chi connectivity index (χ4n) is 2.48. The number of halogens is 1. The van der Waals surface area contributed by atoms with E-state index in [9.17, 15) is 4.39 Å². The molecule has 2 heterocycles. The number of hydrogen-bond donors (Lipinski definition) is 0. The first-order valence-corrected chi connectivity index (χ1v) is 10.2. The van der Waals surface area contributed by atoms with Crippen molar-refractivity contribution in [2.24, 2.45) is 4.99 Å². The standard InChI is InChI=1S/C20H16FNS3/c1-2-3-4-5-15-11-19-20(24-15)12-16(25-19)8-6-14-7-9-18(22-13-23)17(21)10-14/h7,9-12H,2-5H2,1H3. The summed E-state index contributed by atoms with van der Waals surface area (Å²) in [6.45, 7) is 2.22. The molecule has 25 heavy (non-hydrogen) atoms. The maximum absolute atomic E-state index is 13.8. The molecule has 0 aliphatic carbocycles. The maximum atomic E-state index is 13.8. The van der Waals surface area contributed by atoms with Crippen LogP contribution in [0.25, 0.3) is 9.40 Å². The minimum Gasteiger partial charge on any atom is -0.205 e. The summed E-state index contributed by atoms with van der Waals surface area (Å²) in [4.78, 5) is 6.12. The molecule has 0 aliphatic heterocycles. The SMILES string of the molecule is CCCCCc1cc2sc(C#Cc3ccc(N=C=S)c(F)c3)cc2s1. The minimum atomic E-state index is -0.437. The smallest absolute Gasteiger partial charge is 0.150 e. The van der Waals surface area contributed by atoms with Gasteiger partial charge < -0.3 is 0 Å². The van der Waals surface area contributed by atoms with E-state index >= 15 is 0 Å². The lowest BCUT2D eigenvalue weighted by Gasteiger charge is -1.95. The van der Waals surface area contributed by atoms with Crippen LogP contribution in [0.1, 0.15) is 41.5 Å². The number of fused-ring (bicyclic) bond motifs is 1. The van der Waals surface area contributed by atoms with Gasteiger partial charge in [0.1, 0.15) is 5.69 Å². The van der Waals surface area contributed by atoms with Gasteiger partial charge in [0.15, 0.2) is 5.82 Å². The van der Waals surface area contributed by atoms with Crippen molar-refractivity contribution in [3.05, 3.63) is 51.5 Å². The molecule has 0 saturated carbocycles. The molecular weight excluding hydrogens is 369 g/mol. The molecule has 2 aromatic heterocycles. The van der Waals surface area contributed by atoms with Crippen LogP contribution in [-0.2, 0) is 6.42 Å². The summed E-state index contributed by atoms with van der Waals surface area (Å²) in [6.07, 6.45) is 4.95. The van der Waals surface area contributed by atoms with Crippen LogP contribution < -0.4 is 0 Å². The zero-order valence-corrected chi connectivity index (χ0v) is 16.2. The highest BCUT2D eigenvalue weighted by molar-refractivity contribution is 7.78. The van der Waals surface area contributed by atoms with Crippen molar-refractivity contribution in [1.82, 2.24) is 0 Å². The van der Waals surface area contributed by atoms with Gasteiger partial charge in [0.25, 0.3) is 0 Å². The highest BCUT2D eigenvalue weighted by Crippen LogP contribution is 2.33. The number of benzene rings is 1. The Morgan fingerprint density at radius 2 is 1.92 bits per heavy atom. The van der Waals surface area contributed by atoms with Crippen molar-refractivity contribution in [2.45, 2.75) is 32.6 Å². The number of aryl methyl sites for hydroxylation is 1. The Morgan fingerprint density at radius 3 is 2.64 bits per heavy atom. The van der Waals surface area contributed by atoms with Gasteiger partial charge >= 0.3 is 0 Å². The Labute approximate surface area is 160 Å². The first kappa shape index (κ1) is 18.0. The number of isothiocyanates is 1. The highest BCUT2D eigenvalue weighted by atomic mass is 32.1. The minimum absolute atomic E-state index is 0.188. The molecule has 1 aromatic carbocycles. The van der Waals surface area contributed by atoms with E-state index in [1.165, 1.54) is 39.6 Å². The molecule has 0 N–H and O–H groups in total. The third kappa shape index (κ3) is 4.62. The molecule has 3 aromatic rings. The lowest BCUT2D eigenvalue weighted by atomic mass is 10.2. The molecule has 0 unspecified atom stereocenters. The number of thiocarbonyl (C=S) groups is 1. The molecule has 0 saturated heterocycles. The van der Waals surface area contributed by atoms with Gasteiger partial charge in [-0.1, -0.05) is 31.6 Å². The Hall–Kier alpha value is -1.83. The molecule has 0 radical (unpaired) electrons. The number of hydrogen-bond acceptors (Lipinski definition) is 4. The monoisotopic (exact) mass is 385 g/mol. The third-order valence-corrected chi connectivity index (χ3v) is 6.09. The van der Waals surface area contributed by atoms with Gasteiger partial charge in [0.05, 0.1) is 10.0 Å². The molecule has 126 valence electrons. The molecule has 3 rings (SSSR count). The predicted octanol–water partition coefficient (Wildman–Crippen LogP) is 6.97. The van der Waals surface area contributed by atoms with E-state index in [0.717, 1.165) is 11.3 Å². The fraction of sp³-hybridized carbons (Fsp3) is 0.250. The predicted molar refractivity (Wildman–Crippen MR) is 110 cm³/mol. The van der Waals surface area contributed by atoms with Gasteiger partial charge in [0.2, 0.25) is 0 Å². The fourth-order valence-corrected chi connectivity index (χ4v) is 4.89. The number of nitrogens with zero attached hydrogens (tertiary/aromatic N) is 1.